The van der Waals surface area contributed by atoms with Crippen molar-refractivity contribution < 1.29 is 14.5 Å². The minimum Gasteiger partial charge on any atom is -0.496 e. The van der Waals surface area contributed by atoms with Crippen LogP contribution in [0.2, 0.25) is 0 Å². The maximum atomic E-state index is 12.0. The molecular weight excluding hydrogens is 366 g/mol. The van der Waals surface area contributed by atoms with Gasteiger partial charge in [0.1, 0.15) is 5.75 Å². The number of ether oxygens (including phenoxy) is 1. The molecule has 0 atom stereocenters. The smallest absolute Gasteiger partial charge is 0.271 e. The summed E-state index contributed by atoms with van der Waals surface area (Å²) in [5.41, 5.74) is 3.43. The van der Waals surface area contributed by atoms with Crippen molar-refractivity contribution in [2.45, 2.75) is 0 Å². The van der Waals surface area contributed by atoms with Gasteiger partial charge in [-0.15, -0.1) is 0 Å². The summed E-state index contributed by atoms with van der Waals surface area (Å²) < 4.78 is 5.75. The zero-order valence-corrected chi connectivity index (χ0v) is 13.6. The number of rotatable bonds is 5. The third-order valence-corrected chi connectivity index (χ3v) is 3.52. The summed E-state index contributed by atoms with van der Waals surface area (Å²) in [5.74, 6) is 0.238. The average molecular weight is 378 g/mol. The molecule has 0 bridgehead atoms. The van der Waals surface area contributed by atoms with Crippen LogP contribution in [0.3, 0.4) is 0 Å². The number of hydrazone groups is 1. The van der Waals surface area contributed by atoms with Gasteiger partial charge in [0.25, 0.3) is 11.6 Å². The van der Waals surface area contributed by atoms with E-state index in [1.54, 1.807) is 18.2 Å². The van der Waals surface area contributed by atoms with Gasteiger partial charge >= 0.3 is 0 Å². The van der Waals surface area contributed by atoms with Crippen molar-refractivity contribution in [2.75, 3.05) is 7.11 Å². The first-order chi connectivity index (χ1) is 11.0. The number of carbonyl (C=O) groups excluding carboxylic acids is 1. The largest absolute Gasteiger partial charge is 0.496 e. The molecule has 0 aliphatic heterocycles. The molecule has 0 radical (unpaired) electrons. The average Bonchev–Trinajstić information content (AvgIpc) is 2.55. The second-order valence-corrected chi connectivity index (χ2v) is 5.25. The highest BCUT2D eigenvalue weighted by molar-refractivity contribution is 9.10. The first kappa shape index (κ1) is 16.6. The number of halogens is 1. The van der Waals surface area contributed by atoms with Crippen molar-refractivity contribution in [1.82, 2.24) is 5.43 Å². The molecule has 0 heterocycles. The monoisotopic (exact) mass is 377 g/mol. The van der Waals surface area contributed by atoms with Gasteiger partial charge in [-0.2, -0.15) is 5.10 Å². The molecule has 0 unspecified atom stereocenters. The first-order valence-corrected chi connectivity index (χ1v) is 7.22. The summed E-state index contributed by atoms with van der Waals surface area (Å²) in [6.07, 6.45) is 1.40. The van der Waals surface area contributed by atoms with Crippen LogP contribution in [0.25, 0.3) is 0 Å². The maximum absolute atomic E-state index is 12.0. The number of carbonyl (C=O) groups is 1. The topological polar surface area (TPSA) is 93.8 Å². The summed E-state index contributed by atoms with van der Waals surface area (Å²) in [6, 6.07) is 10.7. The number of hydrogen-bond donors (Lipinski definition) is 1. The molecule has 0 spiro atoms. The predicted octanol–water partition coefficient (Wildman–Crippen LogP) is 3.13. The lowest BCUT2D eigenvalue weighted by atomic mass is 10.2. The van der Waals surface area contributed by atoms with Crippen LogP contribution in [0.1, 0.15) is 15.9 Å². The van der Waals surface area contributed by atoms with Crippen molar-refractivity contribution in [3.8, 4) is 5.75 Å². The molecule has 7 nitrogen and oxygen atoms in total. The van der Waals surface area contributed by atoms with Crippen LogP contribution in [-0.4, -0.2) is 24.2 Å². The van der Waals surface area contributed by atoms with Crippen LogP contribution in [0, 0.1) is 10.1 Å². The minimum absolute atomic E-state index is 0.00531. The van der Waals surface area contributed by atoms with Crippen molar-refractivity contribution in [3.63, 3.8) is 0 Å². The Kier molecular flexibility index (Phi) is 5.42. The molecule has 0 aromatic heterocycles. The van der Waals surface area contributed by atoms with E-state index in [1.165, 1.54) is 37.6 Å². The fraction of sp³-hybridized carbons (Fsp3) is 0.0667. The van der Waals surface area contributed by atoms with E-state index in [-0.39, 0.29) is 11.6 Å². The molecule has 2 aromatic rings. The Hall–Kier alpha value is -2.74. The maximum Gasteiger partial charge on any atom is 0.271 e. The van der Waals surface area contributed by atoms with E-state index in [9.17, 15) is 14.9 Å². The highest BCUT2D eigenvalue weighted by Crippen LogP contribution is 2.25. The summed E-state index contributed by atoms with van der Waals surface area (Å²) in [6.45, 7) is 0. The molecule has 1 amide bonds. The molecule has 118 valence electrons. The van der Waals surface area contributed by atoms with Gasteiger partial charge < -0.3 is 4.74 Å². The highest BCUT2D eigenvalue weighted by Gasteiger charge is 2.08. The first-order valence-electron chi connectivity index (χ1n) is 6.42. The molecule has 2 rings (SSSR count). The Morgan fingerprint density at radius 1 is 1.30 bits per heavy atom. The lowest BCUT2D eigenvalue weighted by molar-refractivity contribution is -0.384. The Labute approximate surface area is 140 Å². The molecule has 1 N–H and O–H groups in total. The van der Waals surface area contributed by atoms with E-state index in [2.05, 4.69) is 26.5 Å². The zero-order chi connectivity index (χ0) is 16.8. The number of nitrogens with one attached hydrogen (secondary N) is 1. The van der Waals surface area contributed by atoms with Crippen molar-refractivity contribution in [3.05, 3.63) is 68.2 Å². The number of nitro benzene ring substituents is 1. The van der Waals surface area contributed by atoms with Gasteiger partial charge in [0.05, 0.1) is 22.7 Å². The Balaban J connectivity index is 2.00. The normalized spacial score (nSPS) is 10.5. The third-order valence-electron chi connectivity index (χ3n) is 2.90. The summed E-state index contributed by atoms with van der Waals surface area (Å²) in [5, 5.41) is 14.4. The molecule has 2 aromatic carbocycles. The molecule has 0 saturated carbocycles. The van der Waals surface area contributed by atoms with Gasteiger partial charge in [0, 0.05) is 17.7 Å². The molecule has 0 aliphatic carbocycles. The van der Waals surface area contributed by atoms with Crippen LogP contribution < -0.4 is 10.2 Å². The van der Waals surface area contributed by atoms with E-state index >= 15 is 0 Å². The fourth-order valence-electron chi connectivity index (χ4n) is 1.72. The third kappa shape index (κ3) is 4.36. The van der Waals surface area contributed by atoms with Crippen molar-refractivity contribution in [1.29, 1.82) is 0 Å². The Bertz CT molecular complexity index is 760. The molecule has 0 fully saturated rings. The van der Waals surface area contributed by atoms with Gasteiger partial charge in [0.15, 0.2) is 0 Å². The lowest BCUT2D eigenvalue weighted by Gasteiger charge is -2.05. The van der Waals surface area contributed by atoms with Gasteiger partial charge in [-0.25, -0.2) is 5.43 Å². The van der Waals surface area contributed by atoms with Crippen LogP contribution >= 0.6 is 15.9 Å². The van der Waals surface area contributed by atoms with E-state index < -0.39 is 4.92 Å². The van der Waals surface area contributed by atoms with Gasteiger partial charge in [-0.05, 0) is 51.8 Å². The van der Waals surface area contributed by atoms with Crippen LogP contribution in [0.4, 0.5) is 5.69 Å². The molecule has 0 saturated heterocycles. The van der Waals surface area contributed by atoms with Gasteiger partial charge in [-0.1, -0.05) is 0 Å². The Morgan fingerprint density at radius 2 is 2.00 bits per heavy atom. The van der Waals surface area contributed by atoms with E-state index in [0.29, 0.717) is 21.3 Å². The number of amides is 1. The minimum atomic E-state index is -0.482. The summed E-state index contributed by atoms with van der Waals surface area (Å²) >= 11 is 3.30. The summed E-state index contributed by atoms with van der Waals surface area (Å²) in [4.78, 5) is 22.0. The Morgan fingerprint density at radius 3 is 2.57 bits per heavy atom. The van der Waals surface area contributed by atoms with E-state index in [4.69, 9.17) is 4.74 Å². The number of benzene rings is 2. The number of hydrogen-bond acceptors (Lipinski definition) is 5. The highest BCUT2D eigenvalue weighted by atomic mass is 79.9. The number of nitrogens with zero attached hydrogens (tertiary/aromatic N) is 2. The lowest BCUT2D eigenvalue weighted by Crippen LogP contribution is -2.17. The molecule has 23 heavy (non-hydrogen) atoms. The SMILES string of the molecule is COc1ccc(C(=O)N/N=C\c2ccc([N+](=O)[O-])cc2)cc1Br. The summed E-state index contributed by atoms with van der Waals surface area (Å²) in [7, 11) is 1.54. The van der Waals surface area contributed by atoms with Crippen molar-refractivity contribution in [2.24, 2.45) is 5.10 Å². The number of non-ortho nitro benzene ring substituents is 1. The molecule has 0 aliphatic rings. The zero-order valence-electron chi connectivity index (χ0n) is 12.0. The van der Waals surface area contributed by atoms with Crippen LogP contribution in [0.15, 0.2) is 52.0 Å². The van der Waals surface area contributed by atoms with E-state index in [0.717, 1.165) is 0 Å². The van der Waals surface area contributed by atoms with Gasteiger partial charge in [-0.3, -0.25) is 14.9 Å². The van der Waals surface area contributed by atoms with Crippen LogP contribution in [-0.2, 0) is 0 Å². The standard InChI is InChI=1S/C15H12BrN3O4/c1-23-14-7-4-11(8-13(14)16)15(20)18-17-9-10-2-5-12(6-3-10)19(21)22/h2-9H,1H3,(H,18,20)/b17-9-. The quantitative estimate of drug-likeness (QED) is 0.491. The predicted molar refractivity (Wildman–Crippen MR) is 88.9 cm³/mol. The number of methoxy groups -OCH3 is 1. The van der Waals surface area contributed by atoms with Gasteiger partial charge in [0.2, 0.25) is 0 Å². The molecular formula is C15H12BrN3O4. The second-order valence-electron chi connectivity index (χ2n) is 4.40. The molecule has 8 heteroatoms. The van der Waals surface area contributed by atoms with Crippen LogP contribution in [0.5, 0.6) is 5.75 Å². The van der Waals surface area contributed by atoms with Crippen molar-refractivity contribution >= 4 is 33.7 Å². The fourth-order valence-corrected chi connectivity index (χ4v) is 2.26. The number of nitro groups is 1. The van der Waals surface area contributed by atoms with E-state index in [1.807, 2.05) is 0 Å². The second kappa shape index (κ2) is 7.50.